The molecule has 0 heterocycles. The van der Waals surface area contributed by atoms with E-state index in [0.717, 1.165) is 17.5 Å². The highest BCUT2D eigenvalue weighted by Crippen LogP contribution is 2.27. The van der Waals surface area contributed by atoms with Gasteiger partial charge < -0.3 is 9.47 Å². The van der Waals surface area contributed by atoms with Crippen molar-refractivity contribution in [3.63, 3.8) is 0 Å². The minimum absolute atomic E-state index is 0.0260. The Labute approximate surface area is 119 Å². The van der Waals surface area contributed by atoms with E-state index >= 15 is 0 Å². The zero-order valence-corrected chi connectivity index (χ0v) is 12.0. The SMILES string of the molecule is CCc1ccccc1C(=O)c1ccc(OC)cc1OC. The van der Waals surface area contributed by atoms with Gasteiger partial charge in [0.25, 0.3) is 0 Å². The molecular formula is C17H18O3. The number of aryl methyl sites for hydroxylation is 1. The van der Waals surface area contributed by atoms with Crippen LogP contribution in [0.2, 0.25) is 0 Å². The van der Waals surface area contributed by atoms with E-state index in [2.05, 4.69) is 0 Å². The van der Waals surface area contributed by atoms with Crippen molar-refractivity contribution < 1.29 is 14.3 Å². The van der Waals surface area contributed by atoms with Crippen molar-refractivity contribution in [3.8, 4) is 11.5 Å². The summed E-state index contributed by atoms with van der Waals surface area (Å²) >= 11 is 0. The van der Waals surface area contributed by atoms with E-state index in [0.29, 0.717) is 17.1 Å². The molecule has 0 atom stereocenters. The number of carbonyl (C=O) groups excluding carboxylic acids is 1. The first-order valence-corrected chi connectivity index (χ1v) is 6.55. The molecule has 0 spiro atoms. The van der Waals surface area contributed by atoms with Crippen LogP contribution in [0.1, 0.15) is 28.4 Å². The number of hydrogen-bond acceptors (Lipinski definition) is 3. The summed E-state index contributed by atoms with van der Waals surface area (Å²) in [7, 11) is 3.14. The predicted octanol–water partition coefficient (Wildman–Crippen LogP) is 3.50. The lowest BCUT2D eigenvalue weighted by molar-refractivity contribution is 0.103. The van der Waals surface area contributed by atoms with Gasteiger partial charge in [0, 0.05) is 11.6 Å². The Kier molecular flexibility index (Phi) is 4.41. The van der Waals surface area contributed by atoms with Crippen molar-refractivity contribution in [2.75, 3.05) is 14.2 Å². The molecule has 0 amide bonds. The summed E-state index contributed by atoms with van der Waals surface area (Å²) in [6.45, 7) is 2.04. The van der Waals surface area contributed by atoms with Gasteiger partial charge in [0.15, 0.2) is 5.78 Å². The molecule has 0 saturated carbocycles. The average Bonchev–Trinajstić information content (AvgIpc) is 2.53. The van der Waals surface area contributed by atoms with Gasteiger partial charge in [0.1, 0.15) is 11.5 Å². The molecule has 3 nitrogen and oxygen atoms in total. The molecule has 0 saturated heterocycles. The largest absolute Gasteiger partial charge is 0.497 e. The van der Waals surface area contributed by atoms with Gasteiger partial charge in [0.2, 0.25) is 0 Å². The number of ether oxygens (including phenoxy) is 2. The summed E-state index contributed by atoms with van der Waals surface area (Å²) in [5.41, 5.74) is 2.31. The van der Waals surface area contributed by atoms with E-state index < -0.39 is 0 Å². The first-order chi connectivity index (χ1) is 9.71. The molecule has 2 aromatic rings. The van der Waals surface area contributed by atoms with Crippen LogP contribution in [0.15, 0.2) is 42.5 Å². The lowest BCUT2D eigenvalue weighted by Gasteiger charge is -2.11. The fraction of sp³-hybridized carbons (Fsp3) is 0.235. The summed E-state index contributed by atoms with van der Waals surface area (Å²) in [5.74, 6) is 1.17. The van der Waals surface area contributed by atoms with E-state index in [-0.39, 0.29) is 5.78 Å². The maximum absolute atomic E-state index is 12.7. The van der Waals surface area contributed by atoms with Crippen molar-refractivity contribution in [2.24, 2.45) is 0 Å². The summed E-state index contributed by atoms with van der Waals surface area (Å²) in [6, 6.07) is 12.9. The van der Waals surface area contributed by atoms with Crippen LogP contribution in [0.3, 0.4) is 0 Å². The number of rotatable bonds is 5. The molecular weight excluding hydrogens is 252 g/mol. The molecule has 104 valence electrons. The van der Waals surface area contributed by atoms with Crippen LogP contribution in [0.25, 0.3) is 0 Å². The molecule has 2 aromatic carbocycles. The lowest BCUT2D eigenvalue weighted by atomic mass is 9.96. The normalized spacial score (nSPS) is 10.2. The van der Waals surface area contributed by atoms with Gasteiger partial charge in [-0.3, -0.25) is 4.79 Å². The van der Waals surface area contributed by atoms with Crippen LogP contribution in [0, 0.1) is 0 Å². The molecule has 0 unspecified atom stereocenters. The Morgan fingerprint density at radius 3 is 2.40 bits per heavy atom. The standard InChI is InChI=1S/C17H18O3/c1-4-12-7-5-6-8-14(12)17(18)15-10-9-13(19-2)11-16(15)20-3/h5-11H,4H2,1-3H3. The van der Waals surface area contributed by atoms with E-state index in [1.54, 1.807) is 32.4 Å². The van der Waals surface area contributed by atoms with Gasteiger partial charge in [-0.2, -0.15) is 0 Å². The number of ketones is 1. The molecule has 0 aliphatic carbocycles. The minimum atomic E-state index is -0.0260. The summed E-state index contributed by atoms with van der Waals surface area (Å²) in [6.07, 6.45) is 0.820. The lowest BCUT2D eigenvalue weighted by Crippen LogP contribution is -2.07. The molecule has 0 bridgehead atoms. The van der Waals surface area contributed by atoms with E-state index in [1.807, 2.05) is 31.2 Å². The van der Waals surface area contributed by atoms with Gasteiger partial charge >= 0.3 is 0 Å². The molecule has 3 heteroatoms. The van der Waals surface area contributed by atoms with Gasteiger partial charge in [-0.05, 0) is 24.1 Å². The van der Waals surface area contributed by atoms with Gasteiger partial charge in [-0.15, -0.1) is 0 Å². The molecule has 20 heavy (non-hydrogen) atoms. The fourth-order valence-electron chi connectivity index (χ4n) is 2.18. The van der Waals surface area contributed by atoms with Crippen molar-refractivity contribution >= 4 is 5.78 Å². The third-order valence-corrected chi connectivity index (χ3v) is 3.30. The smallest absolute Gasteiger partial charge is 0.197 e. The molecule has 0 fully saturated rings. The van der Waals surface area contributed by atoms with Crippen LogP contribution in [0.4, 0.5) is 0 Å². The summed E-state index contributed by atoms with van der Waals surface area (Å²) in [5, 5.41) is 0. The van der Waals surface area contributed by atoms with Crippen LogP contribution in [0.5, 0.6) is 11.5 Å². The van der Waals surface area contributed by atoms with Crippen molar-refractivity contribution in [1.29, 1.82) is 0 Å². The Bertz CT molecular complexity index is 617. The van der Waals surface area contributed by atoms with E-state index in [9.17, 15) is 4.79 Å². The monoisotopic (exact) mass is 270 g/mol. The van der Waals surface area contributed by atoms with Crippen molar-refractivity contribution in [2.45, 2.75) is 13.3 Å². The molecule has 2 rings (SSSR count). The van der Waals surface area contributed by atoms with Crippen LogP contribution in [-0.2, 0) is 6.42 Å². The first kappa shape index (κ1) is 14.1. The third-order valence-electron chi connectivity index (χ3n) is 3.30. The Morgan fingerprint density at radius 1 is 1.00 bits per heavy atom. The van der Waals surface area contributed by atoms with Crippen molar-refractivity contribution in [1.82, 2.24) is 0 Å². The fourth-order valence-corrected chi connectivity index (χ4v) is 2.18. The van der Waals surface area contributed by atoms with E-state index in [1.165, 1.54) is 0 Å². The van der Waals surface area contributed by atoms with Crippen LogP contribution < -0.4 is 9.47 Å². The van der Waals surface area contributed by atoms with Gasteiger partial charge in [-0.1, -0.05) is 31.2 Å². The van der Waals surface area contributed by atoms with Gasteiger partial charge in [0.05, 0.1) is 19.8 Å². The number of methoxy groups -OCH3 is 2. The highest BCUT2D eigenvalue weighted by molar-refractivity contribution is 6.11. The number of hydrogen-bond donors (Lipinski definition) is 0. The Hall–Kier alpha value is -2.29. The first-order valence-electron chi connectivity index (χ1n) is 6.55. The molecule has 0 aromatic heterocycles. The second kappa shape index (κ2) is 6.24. The molecule has 0 aliphatic heterocycles. The topological polar surface area (TPSA) is 35.5 Å². The highest BCUT2D eigenvalue weighted by Gasteiger charge is 2.17. The zero-order valence-electron chi connectivity index (χ0n) is 12.0. The molecule has 0 aliphatic rings. The predicted molar refractivity (Wildman–Crippen MR) is 78.8 cm³/mol. The molecule has 0 radical (unpaired) electrons. The Morgan fingerprint density at radius 2 is 1.75 bits per heavy atom. The van der Waals surface area contributed by atoms with Crippen LogP contribution in [-0.4, -0.2) is 20.0 Å². The second-order valence-corrected chi connectivity index (χ2v) is 4.41. The Balaban J connectivity index is 2.48. The second-order valence-electron chi connectivity index (χ2n) is 4.41. The highest BCUT2D eigenvalue weighted by atomic mass is 16.5. The van der Waals surface area contributed by atoms with E-state index in [4.69, 9.17) is 9.47 Å². The minimum Gasteiger partial charge on any atom is -0.497 e. The summed E-state index contributed by atoms with van der Waals surface area (Å²) < 4.78 is 10.5. The summed E-state index contributed by atoms with van der Waals surface area (Å²) in [4.78, 5) is 12.7. The maximum Gasteiger partial charge on any atom is 0.197 e. The van der Waals surface area contributed by atoms with Gasteiger partial charge in [-0.25, -0.2) is 0 Å². The maximum atomic E-state index is 12.7. The number of benzene rings is 2. The zero-order chi connectivity index (χ0) is 14.5. The number of carbonyl (C=O) groups is 1. The third kappa shape index (κ3) is 2.67. The molecule has 0 N–H and O–H groups in total. The average molecular weight is 270 g/mol. The van der Waals surface area contributed by atoms with Crippen LogP contribution >= 0.6 is 0 Å². The van der Waals surface area contributed by atoms with Crippen molar-refractivity contribution in [3.05, 3.63) is 59.2 Å². The quantitative estimate of drug-likeness (QED) is 0.780.